The topological polar surface area (TPSA) is 63.1 Å². The molecule has 28 heavy (non-hydrogen) atoms. The van der Waals surface area contributed by atoms with Gasteiger partial charge in [0.1, 0.15) is 5.01 Å². The summed E-state index contributed by atoms with van der Waals surface area (Å²) >= 11 is 1.54. The summed E-state index contributed by atoms with van der Waals surface area (Å²) in [6.07, 6.45) is -1.95. The number of nitrogens with one attached hydrogen (secondary N) is 1. The molecule has 3 heterocycles. The fourth-order valence-electron chi connectivity index (χ4n) is 3.28. The van der Waals surface area contributed by atoms with Gasteiger partial charge < -0.3 is 10.2 Å². The van der Waals surface area contributed by atoms with Crippen molar-refractivity contribution in [3.05, 3.63) is 47.2 Å². The first-order chi connectivity index (χ1) is 13.4. The molecular formula is C18H18F3N5OS. The zero-order valence-electron chi connectivity index (χ0n) is 14.8. The van der Waals surface area contributed by atoms with Gasteiger partial charge in [-0.25, -0.2) is 9.78 Å². The van der Waals surface area contributed by atoms with Crippen LogP contribution in [0.1, 0.15) is 29.6 Å². The summed E-state index contributed by atoms with van der Waals surface area (Å²) in [6, 6.07) is 8.45. The van der Waals surface area contributed by atoms with E-state index in [1.807, 2.05) is 24.3 Å². The number of likely N-dealkylation sites (tertiary alicyclic amines) is 1. The first-order valence-corrected chi connectivity index (χ1v) is 9.71. The Morgan fingerprint density at radius 3 is 2.64 bits per heavy atom. The predicted molar refractivity (Wildman–Crippen MR) is 98.9 cm³/mol. The maximum atomic E-state index is 12.7. The number of thiazole rings is 1. The van der Waals surface area contributed by atoms with Crippen LogP contribution in [-0.2, 0) is 12.7 Å². The Morgan fingerprint density at radius 1 is 1.21 bits per heavy atom. The van der Waals surface area contributed by atoms with E-state index in [0.717, 1.165) is 21.3 Å². The van der Waals surface area contributed by atoms with Crippen LogP contribution >= 0.6 is 11.3 Å². The van der Waals surface area contributed by atoms with Gasteiger partial charge in [-0.2, -0.15) is 18.3 Å². The van der Waals surface area contributed by atoms with Gasteiger partial charge in [0.25, 0.3) is 0 Å². The molecule has 2 amide bonds. The zero-order valence-corrected chi connectivity index (χ0v) is 15.6. The smallest absolute Gasteiger partial charge is 0.331 e. The van der Waals surface area contributed by atoms with E-state index in [4.69, 9.17) is 0 Å². The van der Waals surface area contributed by atoms with Gasteiger partial charge in [0, 0.05) is 19.3 Å². The fourth-order valence-corrected chi connectivity index (χ4v) is 4.19. The normalized spacial score (nSPS) is 15.9. The lowest BCUT2D eigenvalue weighted by Crippen LogP contribution is -2.44. The van der Waals surface area contributed by atoms with Gasteiger partial charge in [0.05, 0.1) is 22.8 Å². The van der Waals surface area contributed by atoms with Gasteiger partial charge in [-0.05, 0) is 31.0 Å². The summed E-state index contributed by atoms with van der Waals surface area (Å²) in [5.41, 5.74) is 0.0264. The van der Waals surface area contributed by atoms with Crippen LogP contribution in [0.25, 0.3) is 10.2 Å². The molecular weight excluding hydrogens is 391 g/mol. The Kier molecular flexibility index (Phi) is 4.96. The van der Waals surface area contributed by atoms with Crippen LogP contribution < -0.4 is 5.32 Å². The van der Waals surface area contributed by atoms with Crippen LogP contribution in [0, 0.1) is 0 Å². The Morgan fingerprint density at radius 2 is 1.96 bits per heavy atom. The van der Waals surface area contributed by atoms with E-state index < -0.39 is 11.9 Å². The monoisotopic (exact) mass is 409 g/mol. The molecule has 2 aromatic heterocycles. The van der Waals surface area contributed by atoms with Crippen LogP contribution in [0.15, 0.2) is 36.5 Å². The molecule has 1 aromatic carbocycles. The third-order valence-electron chi connectivity index (χ3n) is 4.75. The molecule has 0 aliphatic carbocycles. The summed E-state index contributed by atoms with van der Waals surface area (Å²) in [5.74, 6) is 0. The van der Waals surface area contributed by atoms with Crippen LogP contribution in [-0.4, -0.2) is 38.8 Å². The van der Waals surface area contributed by atoms with Crippen molar-refractivity contribution in [3.63, 3.8) is 0 Å². The first-order valence-electron chi connectivity index (χ1n) is 8.90. The third-order valence-corrected chi connectivity index (χ3v) is 5.79. The van der Waals surface area contributed by atoms with Crippen LogP contribution in [0.5, 0.6) is 0 Å². The molecule has 0 atom stereocenters. The van der Waals surface area contributed by atoms with E-state index in [1.54, 1.807) is 4.90 Å². The minimum Gasteiger partial charge on any atom is -0.331 e. The number of benzene rings is 1. The van der Waals surface area contributed by atoms with Crippen molar-refractivity contribution in [2.45, 2.75) is 31.6 Å². The van der Waals surface area contributed by atoms with E-state index in [1.165, 1.54) is 22.2 Å². The minimum atomic E-state index is -4.44. The van der Waals surface area contributed by atoms with Gasteiger partial charge in [-0.3, -0.25) is 4.68 Å². The third kappa shape index (κ3) is 3.96. The van der Waals surface area contributed by atoms with Gasteiger partial charge in [0.2, 0.25) is 0 Å². The highest BCUT2D eigenvalue weighted by Gasteiger charge is 2.34. The second-order valence-corrected chi connectivity index (χ2v) is 7.75. The maximum Gasteiger partial charge on any atom is 0.435 e. The van der Waals surface area contributed by atoms with E-state index in [-0.39, 0.29) is 12.1 Å². The van der Waals surface area contributed by atoms with E-state index in [0.29, 0.717) is 32.5 Å². The first kappa shape index (κ1) is 18.7. The molecule has 1 aliphatic heterocycles. The largest absolute Gasteiger partial charge is 0.435 e. The highest BCUT2D eigenvalue weighted by Crippen LogP contribution is 2.29. The Labute approximate surface area is 163 Å². The molecule has 0 bridgehead atoms. The molecule has 0 saturated carbocycles. The number of hydrogen-bond donors (Lipinski definition) is 1. The number of hydrogen-bond acceptors (Lipinski definition) is 4. The molecule has 0 unspecified atom stereocenters. The second kappa shape index (κ2) is 7.42. The minimum absolute atomic E-state index is 0.135. The standard InChI is InChI=1S/C18H18F3N5OS/c19-18(20,21)15-7-10-26(24-15)12-5-8-25(9-6-12)17(27)22-11-16-23-13-3-1-2-4-14(13)28-16/h1-4,7,10,12H,5-6,8-9,11H2,(H,22,27). The number of rotatable bonds is 3. The summed E-state index contributed by atoms with van der Waals surface area (Å²) in [4.78, 5) is 18.5. The summed E-state index contributed by atoms with van der Waals surface area (Å²) in [6.45, 7) is 1.29. The number of aromatic nitrogens is 3. The molecule has 6 nitrogen and oxygen atoms in total. The molecule has 1 N–H and O–H groups in total. The highest BCUT2D eigenvalue weighted by molar-refractivity contribution is 7.18. The average molecular weight is 409 g/mol. The predicted octanol–water partition coefficient (Wildman–Crippen LogP) is 4.06. The number of carbonyl (C=O) groups excluding carboxylic acids is 1. The Hall–Kier alpha value is -2.62. The number of piperidine rings is 1. The van der Waals surface area contributed by atoms with Gasteiger partial charge >= 0.3 is 12.2 Å². The molecule has 148 valence electrons. The number of amides is 2. The molecule has 1 fully saturated rings. The van der Waals surface area contributed by atoms with E-state index in [9.17, 15) is 18.0 Å². The number of fused-ring (bicyclic) bond motifs is 1. The number of urea groups is 1. The lowest BCUT2D eigenvalue weighted by molar-refractivity contribution is -0.141. The number of nitrogens with zero attached hydrogens (tertiary/aromatic N) is 4. The van der Waals surface area contributed by atoms with Crippen molar-refractivity contribution < 1.29 is 18.0 Å². The SMILES string of the molecule is O=C(NCc1nc2ccccc2s1)N1CCC(n2ccc(C(F)(F)F)n2)CC1. The van der Waals surface area contributed by atoms with Crippen molar-refractivity contribution in [2.24, 2.45) is 0 Å². The van der Waals surface area contributed by atoms with Crippen molar-refractivity contribution in [3.8, 4) is 0 Å². The molecule has 0 spiro atoms. The summed E-state index contributed by atoms with van der Waals surface area (Å²) in [7, 11) is 0. The van der Waals surface area contributed by atoms with Crippen LogP contribution in [0.4, 0.5) is 18.0 Å². The van der Waals surface area contributed by atoms with Crippen molar-refractivity contribution >= 4 is 27.6 Å². The lowest BCUT2D eigenvalue weighted by atomic mass is 10.1. The molecule has 1 aliphatic rings. The fraction of sp³-hybridized carbons (Fsp3) is 0.389. The summed E-state index contributed by atoms with van der Waals surface area (Å²) in [5, 5.41) is 7.34. The molecule has 10 heteroatoms. The van der Waals surface area contributed by atoms with Gasteiger partial charge in [-0.15, -0.1) is 11.3 Å². The molecule has 0 radical (unpaired) electrons. The number of para-hydroxylation sites is 1. The van der Waals surface area contributed by atoms with Crippen molar-refractivity contribution in [1.82, 2.24) is 25.0 Å². The van der Waals surface area contributed by atoms with E-state index >= 15 is 0 Å². The Balaban J connectivity index is 1.29. The lowest BCUT2D eigenvalue weighted by Gasteiger charge is -2.32. The van der Waals surface area contributed by atoms with Crippen LogP contribution in [0.3, 0.4) is 0 Å². The molecule has 4 rings (SSSR count). The van der Waals surface area contributed by atoms with Crippen molar-refractivity contribution in [1.29, 1.82) is 0 Å². The molecule has 1 saturated heterocycles. The van der Waals surface area contributed by atoms with Gasteiger partial charge in [0.15, 0.2) is 5.69 Å². The van der Waals surface area contributed by atoms with E-state index in [2.05, 4.69) is 15.4 Å². The van der Waals surface area contributed by atoms with Gasteiger partial charge in [-0.1, -0.05) is 12.1 Å². The average Bonchev–Trinajstić information content (AvgIpc) is 3.33. The van der Waals surface area contributed by atoms with Crippen molar-refractivity contribution in [2.75, 3.05) is 13.1 Å². The molecule has 3 aromatic rings. The quantitative estimate of drug-likeness (QED) is 0.710. The Bertz CT molecular complexity index is 942. The second-order valence-electron chi connectivity index (χ2n) is 6.63. The zero-order chi connectivity index (χ0) is 19.7. The maximum absolute atomic E-state index is 12.7. The summed E-state index contributed by atoms with van der Waals surface area (Å²) < 4.78 is 40.5. The highest BCUT2D eigenvalue weighted by atomic mass is 32.1. The number of carbonyl (C=O) groups is 1. The number of halogens is 3. The number of alkyl halides is 3. The van der Waals surface area contributed by atoms with Crippen LogP contribution in [0.2, 0.25) is 0 Å².